The van der Waals surface area contributed by atoms with Crippen molar-refractivity contribution in [2.45, 2.75) is 32.1 Å². The number of nitrogens with two attached hydrogens (primary N) is 1. The van der Waals surface area contributed by atoms with Gasteiger partial charge < -0.3 is 11.1 Å². The predicted molar refractivity (Wildman–Crippen MR) is 73.0 cm³/mol. The molecule has 0 amide bonds. The molecule has 1 aromatic rings. The first-order chi connectivity index (χ1) is 8.25. The van der Waals surface area contributed by atoms with E-state index in [1.165, 1.54) is 32.1 Å². The minimum absolute atomic E-state index is 0.311. The second kappa shape index (κ2) is 5.91. The Balaban J connectivity index is 1.81. The summed E-state index contributed by atoms with van der Waals surface area (Å²) in [5.74, 6) is 1.49. The molecule has 0 spiro atoms. The van der Waals surface area contributed by atoms with Crippen LogP contribution in [0, 0.1) is 5.92 Å². The van der Waals surface area contributed by atoms with Gasteiger partial charge in [-0.05, 0) is 18.4 Å². The average Bonchev–Trinajstić information content (AvgIpc) is 2.82. The van der Waals surface area contributed by atoms with Gasteiger partial charge in [-0.25, -0.2) is 9.97 Å². The summed E-state index contributed by atoms with van der Waals surface area (Å²) in [5.41, 5.74) is 6.15. The van der Waals surface area contributed by atoms with Crippen molar-refractivity contribution in [2.24, 2.45) is 11.7 Å². The number of aromatic nitrogens is 2. The third-order valence-electron chi connectivity index (χ3n) is 3.22. The maximum atomic E-state index is 5.52. The van der Waals surface area contributed by atoms with Gasteiger partial charge >= 0.3 is 0 Å². The molecule has 2 rings (SSSR count). The molecule has 5 heteroatoms. The van der Waals surface area contributed by atoms with Crippen molar-refractivity contribution >= 4 is 23.2 Å². The molecular formula is C12H18N4S. The first-order valence-electron chi connectivity index (χ1n) is 6.12. The summed E-state index contributed by atoms with van der Waals surface area (Å²) in [6, 6.07) is 1.73. The van der Waals surface area contributed by atoms with E-state index in [0.29, 0.717) is 16.6 Å². The number of nitrogens with one attached hydrogen (secondary N) is 1. The minimum atomic E-state index is 0.311. The maximum absolute atomic E-state index is 5.52. The Morgan fingerprint density at radius 1 is 1.47 bits per heavy atom. The topological polar surface area (TPSA) is 63.8 Å². The summed E-state index contributed by atoms with van der Waals surface area (Å²) >= 11 is 4.88. The second-order valence-electron chi connectivity index (χ2n) is 4.50. The number of nitrogens with zero attached hydrogens (tertiary/aromatic N) is 2. The fraction of sp³-hybridized carbons (Fsp3) is 0.583. The van der Waals surface area contributed by atoms with E-state index < -0.39 is 0 Å². The SMILES string of the molecule is NC(=S)c1ccnc(NCCC2CCCC2)n1. The zero-order valence-electron chi connectivity index (χ0n) is 9.85. The molecule has 3 N–H and O–H groups in total. The van der Waals surface area contributed by atoms with Gasteiger partial charge in [-0.2, -0.15) is 0 Å². The molecular weight excluding hydrogens is 232 g/mol. The molecule has 0 aromatic carbocycles. The number of thiocarbonyl (C=S) groups is 1. The third-order valence-corrected chi connectivity index (χ3v) is 3.43. The zero-order chi connectivity index (χ0) is 12.1. The minimum Gasteiger partial charge on any atom is -0.388 e. The van der Waals surface area contributed by atoms with Crippen LogP contribution < -0.4 is 11.1 Å². The predicted octanol–water partition coefficient (Wildman–Crippen LogP) is 2.10. The Labute approximate surface area is 107 Å². The molecule has 4 nitrogen and oxygen atoms in total. The van der Waals surface area contributed by atoms with Gasteiger partial charge in [-0.3, -0.25) is 0 Å². The van der Waals surface area contributed by atoms with Crippen LogP contribution in [0.1, 0.15) is 37.8 Å². The van der Waals surface area contributed by atoms with Crippen molar-refractivity contribution in [1.29, 1.82) is 0 Å². The summed E-state index contributed by atoms with van der Waals surface area (Å²) in [6.45, 7) is 0.922. The van der Waals surface area contributed by atoms with Crippen LogP contribution in [0.4, 0.5) is 5.95 Å². The zero-order valence-corrected chi connectivity index (χ0v) is 10.7. The van der Waals surface area contributed by atoms with Gasteiger partial charge in [0.25, 0.3) is 0 Å². The highest BCUT2D eigenvalue weighted by Gasteiger charge is 2.14. The van der Waals surface area contributed by atoms with Crippen molar-refractivity contribution in [3.05, 3.63) is 18.0 Å². The molecule has 0 radical (unpaired) electrons. The first-order valence-corrected chi connectivity index (χ1v) is 6.53. The van der Waals surface area contributed by atoms with E-state index in [-0.39, 0.29) is 0 Å². The lowest BCUT2D eigenvalue weighted by Gasteiger charge is -2.09. The smallest absolute Gasteiger partial charge is 0.223 e. The van der Waals surface area contributed by atoms with Crippen molar-refractivity contribution in [1.82, 2.24) is 9.97 Å². The van der Waals surface area contributed by atoms with Crippen LogP contribution in [0.3, 0.4) is 0 Å². The molecule has 0 saturated heterocycles. The number of rotatable bonds is 5. The fourth-order valence-electron chi connectivity index (χ4n) is 2.27. The molecule has 1 saturated carbocycles. The summed E-state index contributed by atoms with van der Waals surface area (Å²) in [4.78, 5) is 8.71. The highest BCUT2D eigenvalue weighted by Crippen LogP contribution is 2.27. The lowest BCUT2D eigenvalue weighted by atomic mass is 10.0. The summed E-state index contributed by atoms with van der Waals surface area (Å²) in [6.07, 6.45) is 8.39. The lowest BCUT2D eigenvalue weighted by molar-refractivity contribution is 0.518. The van der Waals surface area contributed by atoms with Crippen LogP contribution >= 0.6 is 12.2 Å². The summed E-state index contributed by atoms with van der Waals surface area (Å²) in [5, 5.41) is 3.23. The largest absolute Gasteiger partial charge is 0.388 e. The standard InChI is InChI=1S/C12H18N4S/c13-11(17)10-6-8-15-12(16-10)14-7-5-9-3-1-2-4-9/h6,8-9H,1-5,7H2,(H2,13,17)(H,14,15,16). The average molecular weight is 250 g/mol. The van der Waals surface area contributed by atoms with Crippen LogP contribution in [0.25, 0.3) is 0 Å². The van der Waals surface area contributed by atoms with E-state index >= 15 is 0 Å². The van der Waals surface area contributed by atoms with Crippen molar-refractivity contribution in [3.8, 4) is 0 Å². The van der Waals surface area contributed by atoms with Crippen LogP contribution in [-0.4, -0.2) is 21.5 Å². The Hall–Kier alpha value is -1.23. The van der Waals surface area contributed by atoms with E-state index in [4.69, 9.17) is 18.0 Å². The van der Waals surface area contributed by atoms with Gasteiger partial charge in [-0.1, -0.05) is 37.9 Å². The molecule has 0 bridgehead atoms. The molecule has 17 heavy (non-hydrogen) atoms. The van der Waals surface area contributed by atoms with Gasteiger partial charge in [0, 0.05) is 12.7 Å². The molecule has 1 heterocycles. The normalized spacial score (nSPS) is 16.0. The van der Waals surface area contributed by atoms with Gasteiger partial charge in [0.2, 0.25) is 5.95 Å². The van der Waals surface area contributed by atoms with E-state index in [9.17, 15) is 0 Å². The maximum Gasteiger partial charge on any atom is 0.223 e. The van der Waals surface area contributed by atoms with Gasteiger partial charge in [0.15, 0.2) is 0 Å². The Bertz CT molecular complexity index is 388. The molecule has 1 aromatic heterocycles. The molecule has 92 valence electrons. The van der Waals surface area contributed by atoms with Crippen LogP contribution in [0.15, 0.2) is 12.3 Å². The molecule has 0 aliphatic heterocycles. The van der Waals surface area contributed by atoms with Gasteiger partial charge in [0.05, 0.1) is 0 Å². The number of hydrogen-bond donors (Lipinski definition) is 2. The number of anilines is 1. The Kier molecular flexibility index (Phi) is 4.25. The van der Waals surface area contributed by atoms with Crippen molar-refractivity contribution in [3.63, 3.8) is 0 Å². The lowest BCUT2D eigenvalue weighted by Crippen LogP contribution is -2.14. The third kappa shape index (κ3) is 3.63. The molecule has 1 fully saturated rings. The molecule has 0 atom stereocenters. The highest BCUT2D eigenvalue weighted by atomic mass is 32.1. The van der Waals surface area contributed by atoms with Gasteiger partial charge in [-0.15, -0.1) is 0 Å². The van der Waals surface area contributed by atoms with Crippen LogP contribution in [0.2, 0.25) is 0 Å². The van der Waals surface area contributed by atoms with E-state index in [1.807, 2.05) is 0 Å². The van der Waals surface area contributed by atoms with E-state index in [2.05, 4.69) is 15.3 Å². The number of hydrogen-bond acceptors (Lipinski definition) is 4. The highest BCUT2D eigenvalue weighted by molar-refractivity contribution is 7.80. The van der Waals surface area contributed by atoms with Crippen molar-refractivity contribution < 1.29 is 0 Å². The summed E-state index contributed by atoms with van der Waals surface area (Å²) < 4.78 is 0. The first kappa shape index (κ1) is 12.2. The molecule has 1 aliphatic carbocycles. The second-order valence-corrected chi connectivity index (χ2v) is 4.94. The van der Waals surface area contributed by atoms with Crippen molar-refractivity contribution in [2.75, 3.05) is 11.9 Å². The monoisotopic (exact) mass is 250 g/mol. The van der Waals surface area contributed by atoms with Crippen LogP contribution in [0.5, 0.6) is 0 Å². The molecule has 1 aliphatic rings. The fourth-order valence-corrected chi connectivity index (χ4v) is 2.38. The Morgan fingerprint density at radius 2 is 2.24 bits per heavy atom. The quantitative estimate of drug-likeness (QED) is 0.784. The summed E-state index contributed by atoms with van der Waals surface area (Å²) in [7, 11) is 0. The molecule has 0 unspecified atom stereocenters. The van der Waals surface area contributed by atoms with E-state index in [1.54, 1.807) is 12.3 Å². The van der Waals surface area contributed by atoms with E-state index in [0.717, 1.165) is 12.5 Å². The Morgan fingerprint density at radius 3 is 2.94 bits per heavy atom. The van der Waals surface area contributed by atoms with Gasteiger partial charge in [0.1, 0.15) is 10.7 Å². The van der Waals surface area contributed by atoms with Crippen LogP contribution in [-0.2, 0) is 0 Å².